The fraction of sp³-hybridized carbons (Fsp3) is 0.500. The molecule has 0 N–H and O–H groups in total. The summed E-state index contributed by atoms with van der Waals surface area (Å²) in [5.41, 5.74) is 0. The molecule has 22 heavy (non-hydrogen) atoms. The van der Waals surface area contributed by atoms with Crippen LogP contribution in [-0.2, 0) is 16.1 Å². The van der Waals surface area contributed by atoms with E-state index >= 15 is 0 Å². The van der Waals surface area contributed by atoms with Gasteiger partial charge in [-0.05, 0) is 48.5 Å². The fourth-order valence-corrected chi connectivity index (χ4v) is 3.75. The van der Waals surface area contributed by atoms with E-state index in [0.717, 1.165) is 18.5 Å². The number of rotatable bonds is 6. The van der Waals surface area contributed by atoms with Gasteiger partial charge in [-0.1, -0.05) is 6.92 Å². The summed E-state index contributed by atoms with van der Waals surface area (Å²) in [5, 5.41) is 0. The minimum atomic E-state index is -0.746. The first kappa shape index (κ1) is 17.1. The van der Waals surface area contributed by atoms with Crippen LogP contribution in [0.4, 0.5) is 4.79 Å². The van der Waals surface area contributed by atoms with E-state index in [9.17, 15) is 14.4 Å². The second-order valence-electron chi connectivity index (χ2n) is 5.28. The van der Waals surface area contributed by atoms with Crippen LogP contribution in [0.15, 0.2) is 15.9 Å². The number of hydrogen-bond donors (Lipinski definition) is 0. The lowest BCUT2D eigenvalue weighted by molar-refractivity contribution is -0.144. The van der Waals surface area contributed by atoms with Crippen molar-refractivity contribution in [1.82, 2.24) is 14.7 Å². The average Bonchev–Trinajstić information content (AvgIpc) is 2.95. The zero-order valence-electron chi connectivity index (χ0n) is 12.7. The highest BCUT2D eigenvalue weighted by Crippen LogP contribution is 2.24. The van der Waals surface area contributed by atoms with Gasteiger partial charge in [-0.2, -0.15) is 0 Å². The number of halogens is 1. The van der Waals surface area contributed by atoms with Crippen molar-refractivity contribution in [1.29, 1.82) is 0 Å². The Labute approximate surface area is 141 Å². The lowest BCUT2D eigenvalue weighted by Gasteiger charge is -2.25. The molecule has 0 aliphatic carbocycles. The van der Waals surface area contributed by atoms with Crippen molar-refractivity contribution in [3.63, 3.8) is 0 Å². The molecule has 1 aromatic rings. The summed E-state index contributed by atoms with van der Waals surface area (Å²) in [6.07, 6.45) is 0. The van der Waals surface area contributed by atoms with Gasteiger partial charge in [0.05, 0.1) is 10.5 Å². The van der Waals surface area contributed by atoms with Gasteiger partial charge in [-0.3, -0.25) is 19.4 Å². The monoisotopic (exact) mass is 387 g/mol. The molecule has 0 aromatic carbocycles. The molecule has 0 bridgehead atoms. The van der Waals surface area contributed by atoms with Crippen LogP contribution in [0.25, 0.3) is 0 Å². The smallest absolute Gasteiger partial charge is 0.281 e. The van der Waals surface area contributed by atoms with Crippen LogP contribution in [0.3, 0.4) is 0 Å². The minimum Gasteiger partial charge on any atom is -0.281 e. The van der Waals surface area contributed by atoms with Crippen molar-refractivity contribution >= 4 is 45.1 Å². The van der Waals surface area contributed by atoms with E-state index in [2.05, 4.69) is 15.9 Å². The molecule has 6 nitrogen and oxygen atoms in total. The number of carbonyl (C=O) groups is 3. The highest BCUT2D eigenvalue weighted by atomic mass is 79.9. The Morgan fingerprint density at radius 2 is 1.91 bits per heavy atom. The molecule has 1 aliphatic heterocycles. The van der Waals surface area contributed by atoms with Gasteiger partial charge < -0.3 is 0 Å². The average molecular weight is 388 g/mol. The Bertz CT molecular complexity index is 602. The SMILES string of the molecule is CCN(Cc1ccc(Br)s1)CN1C(=O)C(=O)N(C(C)C)C1=O. The molecule has 2 heterocycles. The number of thiophene rings is 1. The number of urea groups is 1. The zero-order chi connectivity index (χ0) is 16.4. The van der Waals surface area contributed by atoms with Crippen molar-refractivity contribution in [2.75, 3.05) is 13.2 Å². The number of imide groups is 2. The summed E-state index contributed by atoms with van der Waals surface area (Å²) in [6, 6.07) is 3.11. The number of amides is 4. The molecule has 0 atom stereocenters. The summed E-state index contributed by atoms with van der Waals surface area (Å²) in [6.45, 7) is 6.80. The maximum atomic E-state index is 12.3. The number of carbonyl (C=O) groups excluding carboxylic acids is 3. The van der Waals surface area contributed by atoms with Crippen LogP contribution in [-0.4, -0.2) is 51.8 Å². The van der Waals surface area contributed by atoms with Crippen molar-refractivity contribution in [3.8, 4) is 0 Å². The van der Waals surface area contributed by atoms with Crippen LogP contribution in [0.5, 0.6) is 0 Å². The number of nitrogens with zero attached hydrogens (tertiary/aromatic N) is 3. The van der Waals surface area contributed by atoms with Gasteiger partial charge in [0.15, 0.2) is 0 Å². The predicted molar refractivity (Wildman–Crippen MR) is 87.2 cm³/mol. The second kappa shape index (κ2) is 6.89. The van der Waals surface area contributed by atoms with Crippen LogP contribution < -0.4 is 0 Å². The Hall–Kier alpha value is -1.25. The first-order valence-electron chi connectivity index (χ1n) is 7.00. The molecule has 0 unspecified atom stereocenters. The molecule has 0 saturated carbocycles. The Kier molecular flexibility index (Phi) is 5.36. The summed E-state index contributed by atoms with van der Waals surface area (Å²) in [7, 11) is 0. The van der Waals surface area contributed by atoms with Gasteiger partial charge in [-0.25, -0.2) is 9.69 Å². The highest BCUT2D eigenvalue weighted by Gasteiger charge is 2.45. The fourth-order valence-electron chi connectivity index (χ4n) is 2.22. The quantitative estimate of drug-likeness (QED) is 0.555. The molecule has 1 aromatic heterocycles. The molecule has 4 amide bonds. The van der Waals surface area contributed by atoms with Gasteiger partial charge in [0, 0.05) is 17.5 Å². The van der Waals surface area contributed by atoms with E-state index in [0.29, 0.717) is 13.1 Å². The second-order valence-corrected chi connectivity index (χ2v) is 7.82. The largest absolute Gasteiger partial charge is 0.335 e. The molecule has 0 radical (unpaired) electrons. The molecular formula is C14H18BrN3O3S. The Balaban J connectivity index is 2.09. The van der Waals surface area contributed by atoms with E-state index in [1.807, 2.05) is 24.0 Å². The van der Waals surface area contributed by atoms with Gasteiger partial charge in [0.1, 0.15) is 0 Å². The number of hydrogen-bond acceptors (Lipinski definition) is 5. The van der Waals surface area contributed by atoms with Crippen molar-refractivity contribution in [2.45, 2.75) is 33.4 Å². The molecular weight excluding hydrogens is 370 g/mol. The summed E-state index contributed by atoms with van der Waals surface area (Å²) in [4.78, 5) is 41.3. The van der Waals surface area contributed by atoms with E-state index in [1.165, 1.54) is 0 Å². The molecule has 1 aliphatic rings. The molecule has 8 heteroatoms. The van der Waals surface area contributed by atoms with Gasteiger partial charge in [-0.15, -0.1) is 11.3 Å². The van der Waals surface area contributed by atoms with Gasteiger partial charge in [0.25, 0.3) is 0 Å². The highest BCUT2D eigenvalue weighted by molar-refractivity contribution is 9.11. The van der Waals surface area contributed by atoms with Crippen LogP contribution in [0.2, 0.25) is 0 Å². The standard InChI is InChI=1S/C14H18BrN3O3S/c1-4-16(7-10-5-6-11(15)22-10)8-17-12(19)13(20)18(9(2)3)14(17)21/h5-6,9H,4,7-8H2,1-3H3. The molecule has 1 fully saturated rings. The van der Waals surface area contributed by atoms with Crippen LogP contribution in [0.1, 0.15) is 25.6 Å². The maximum absolute atomic E-state index is 12.3. The third-order valence-corrected chi connectivity index (χ3v) is 5.01. The van der Waals surface area contributed by atoms with E-state index in [1.54, 1.807) is 25.2 Å². The summed E-state index contributed by atoms with van der Waals surface area (Å²) < 4.78 is 1.04. The van der Waals surface area contributed by atoms with Crippen molar-refractivity contribution in [3.05, 3.63) is 20.8 Å². The van der Waals surface area contributed by atoms with E-state index in [-0.39, 0.29) is 12.7 Å². The first-order chi connectivity index (χ1) is 10.3. The normalized spacial score (nSPS) is 15.8. The summed E-state index contributed by atoms with van der Waals surface area (Å²) >= 11 is 5.02. The molecule has 1 saturated heterocycles. The molecule has 120 valence electrons. The van der Waals surface area contributed by atoms with E-state index < -0.39 is 17.8 Å². The molecule has 2 rings (SSSR count). The van der Waals surface area contributed by atoms with Gasteiger partial charge in [0.2, 0.25) is 0 Å². The Morgan fingerprint density at radius 3 is 2.36 bits per heavy atom. The third kappa shape index (κ3) is 3.39. The maximum Gasteiger partial charge on any atom is 0.335 e. The Morgan fingerprint density at radius 1 is 1.23 bits per heavy atom. The van der Waals surface area contributed by atoms with E-state index in [4.69, 9.17) is 0 Å². The lowest BCUT2D eigenvalue weighted by Crippen LogP contribution is -2.43. The zero-order valence-corrected chi connectivity index (χ0v) is 15.1. The van der Waals surface area contributed by atoms with Crippen molar-refractivity contribution in [2.24, 2.45) is 0 Å². The topological polar surface area (TPSA) is 60.9 Å². The van der Waals surface area contributed by atoms with Crippen LogP contribution >= 0.6 is 27.3 Å². The predicted octanol–water partition coefficient (Wildman–Crippen LogP) is 2.49. The minimum absolute atomic E-state index is 0.124. The van der Waals surface area contributed by atoms with Gasteiger partial charge >= 0.3 is 17.8 Å². The molecule has 0 spiro atoms. The first-order valence-corrected chi connectivity index (χ1v) is 8.61. The lowest BCUT2D eigenvalue weighted by atomic mass is 10.3. The third-order valence-electron chi connectivity index (χ3n) is 3.40. The summed E-state index contributed by atoms with van der Waals surface area (Å²) in [5.74, 6) is -1.49. The van der Waals surface area contributed by atoms with Crippen molar-refractivity contribution < 1.29 is 14.4 Å². The van der Waals surface area contributed by atoms with Crippen LogP contribution in [0, 0.1) is 0 Å².